The summed E-state index contributed by atoms with van der Waals surface area (Å²) in [6.07, 6.45) is 8.96. The molecule has 3 saturated heterocycles. The Bertz CT molecular complexity index is 962. The fourth-order valence-corrected chi connectivity index (χ4v) is 5.37. The third-order valence-electron chi connectivity index (χ3n) is 7.75. The highest BCUT2D eigenvalue weighted by Crippen LogP contribution is 2.23. The maximum absolute atomic E-state index is 9.13. The van der Waals surface area contributed by atoms with Gasteiger partial charge in [0, 0.05) is 57.1 Å². The molecule has 214 valence electrons. The van der Waals surface area contributed by atoms with Crippen molar-refractivity contribution in [3.8, 4) is 5.75 Å². The second kappa shape index (κ2) is 17.0. The van der Waals surface area contributed by atoms with Gasteiger partial charge in [0.2, 0.25) is 0 Å². The zero-order valence-electron chi connectivity index (χ0n) is 24.0. The number of hydrogen-bond donors (Lipinski definition) is 3. The summed E-state index contributed by atoms with van der Waals surface area (Å²) < 4.78 is 0. The number of nitrogens with two attached hydrogens (primary N) is 1. The maximum atomic E-state index is 9.13. The molecule has 0 saturated carbocycles. The number of likely N-dealkylation sites (tertiary alicyclic amines) is 2. The first-order chi connectivity index (χ1) is 19.0. The summed E-state index contributed by atoms with van der Waals surface area (Å²) in [6.45, 7) is 19.5. The molecule has 3 aliphatic rings. The topological polar surface area (TPSA) is 71.2 Å². The van der Waals surface area contributed by atoms with Crippen LogP contribution in [0.5, 0.6) is 5.75 Å². The minimum Gasteiger partial charge on any atom is -0.506 e. The molecule has 0 radical (unpaired) electrons. The molecular formula is C32H50N6O. The molecule has 3 fully saturated rings. The molecule has 0 aliphatic carbocycles. The van der Waals surface area contributed by atoms with Crippen molar-refractivity contribution < 1.29 is 5.11 Å². The molecule has 7 heteroatoms. The molecule has 0 atom stereocenters. The molecule has 7 nitrogen and oxygen atoms in total. The summed E-state index contributed by atoms with van der Waals surface area (Å²) in [6, 6.07) is 16.6. The van der Waals surface area contributed by atoms with Crippen LogP contribution in [0.2, 0.25) is 0 Å². The van der Waals surface area contributed by atoms with Gasteiger partial charge in [0.05, 0.1) is 5.69 Å². The molecule has 0 spiro atoms. The molecule has 39 heavy (non-hydrogen) atoms. The Morgan fingerprint density at radius 1 is 0.897 bits per heavy atom. The molecule has 0 amide bonds. The number of nitrogens with zero attached hydrogens (tertiary/aromatic N) is 4. The van der Waals surface area contributed by atoms with E-state index < -0.39 is 0 Å². The van der Waals surface area contributed by atoms with Gasteiger partial charge in [0.25, 0.3) is 0 Å². The lowest BCUT2D eigenvalue weighted by Gasteiger charge is -2.42. The molecule has 3 heterocycles. The van der Waals surface area contributed by atoms with E-state index in [1.165, 1.54) is 95.9 Å². The number of phenolic OH excluding ortho intramolecular Hbond substituents is 1. The van der Waals surface area contributed by atoms with E-state index in [0.717, 1.165) is 24.8 Å². The number of benzene rings is 2. The van der Waals surface area contributed by atoms with Gasteiger partial charge < -0.3 is 21.1 Å². The number of piperazine rings is 1. The molecule has 4 N–H and O–H groups in total. The van der Waals surface area contributed by atoms with E-state index in [2.05, 4.69) is 75.5 Å². The Balaban J connectivity index is 0.000000185. The monoisotopic (exact) mass is 534 g/mol. The molecule has 5 rings (SSSR count). The first-order valence-electron chi connectivity index (χ1n) is 14.5. The number of nitrogen functional groups attached to an aromatic ring is 1. The summed E-state index contributed by atoms with van der Waals surface area (Å²) in [5, 5.41) is 12.0. The van der Waals surface area contributed by atoms with Crippen molar-refractivity contribution in [2.24, 2.45) is 0 Å². The van der Waals surface area contributed by atoms with Crippen molar-refractivity contribution in [3.05, 3.63) is 79.5 Å². The van der Waals surface area contributed by atoms with E-state index in [0.29, 0.717) is 5.69 Å². The predicted octanol–water partition coefficient (Wildman–Crippen LogP) is 4.70. The SMILES string of the molecule is C=CCN1CCCC1.C=CNc1ccc(N)c(O)c1.CN1CCN(C2CCN(Cc3ccccc3)CC2)CC1. The van der Waals surface area contributed by atoms with Crippen LogP contribution in [0.3, 0.4) is 0 Å². The number of phenols is 1. The summed E-state index contributed by atoms with van der Waals surface area (Å²) in [4.78, 5) is 10.2. The third kappa shape index (κ3) is 11.0. The van der Waals surface area contributed by atoms with Gasteiger partial charge in [-0.15, -0.1) is 6.58 Å². The molecule has 2 aromatic carbocycles. The van der Waals surface area contributed by atoms with E-state index in [1.54, 1.807) is 12.1 Å². The fraction of sp³-hybridized carbons (Fsp3) is 0.500. The van der Waals surface area contributed by atoms with E-state index in [4.69, 9.17) is 10.8 Å². The highest BCUT2D eigenvalue weighted by atomic mass is 16.3. The smallest absolute Gasteiger partial charge is 0.140 e. The van der Waals surface area contributed by atoms with Gasteiger partial charge >= 0.3 is 0 Å². The number of likely N-dealkylation sites (N-methyl/N-ethyl adjacent to an activating group) is 1. The zero-order chi connectivity index (χ0) is 27.9. The standard InChI is InChI=1S/C17H27N3.C8H10N2O.C7H13N/c1-18-11-13-20(14-12-18)17-7-9-19(10-8-17)15-16-5-3-2-4-6-16;1-2-10-6-3-4-7(9)8(11)5-6;1-2-5-8-6-3-4-7-8/h2-6,17H,7-15H2,1H3;2-5,10-11H,1,9H2;2H,1,3-7H2. The minimum atomic E-state index is 0.0804. The average molecular weight is 535 g/mol. The number of rotatable bonds is 7. The Morgan fingerprint density at radius 3 is 2.15 bits per heavy atom. The van der Waals surface area contributed by atoms with Crippen molar-refractivity contribution in [2.75, 3.05) is 77.0 Å². The summed E-state index contributed by atoms with van der Waals surface area (Å²) in [5.41, 5.74) is 7.98. The molecule has 0 unspecified atom stereocenters. The normalized spacial score (nSPS) is 19.3. The van der Waals surface area contributed by atoms with Crippen molar-refractivity contribution in [1.29, 1.82) is 0 Å². The van der Waals surface area contributed by atoms with Crippen LogP contribution in [-0.2, 0) is 6.54 Å². The number of hydrogen-bond acceptors (Lipinski definition) is 7. The van der Waals surface area contributed by atoms with Gasteiger partial charge in [-0.05, 0) is 82.8 Å². The van der Waals surface area contributed by atoms with E-state index in [1.807, 2.05) is 6.08 Å². The Labute approximate surface area is 236 Å². The van der Waals surface area contributed by atoms with E-state index in [-0.39, 0.29) is 5.75 Å². The van der Waals surface area contributed by atoms with Gasteiger partial charge in [0.1, 0.15) is 5.75 Å². The van der Waals surface area contributed by atoms with Gasteiger partial charge in [-0.3, -0.25) is 14.7 Å². The lowest BCUT2D eigenvalue weighted by Crippen LogP contribution is -2.52. The fourth-order valence-electron chi connectivity index (χ4n) is 5.37. The first-order valence-corrected chi connectivity index (χ1v) is 14.5. The van der Waals surface area contributed by atoms with Crippen LogP contribution in [0.4, 0.5) is 11.4 Å². The van der Waals surface area contributed by atoms with Crippen molar-refractivity contribution in [1.82, 2.24) is 19.6 Å². The molecule has 2 aromatic rings. The second-order valence-electron chi connectivity index (χ2n) is 10.8. The molecule has 3 aliphatic heterocycles. The second-order valence-corrected chi connectivity index (χ2v) is 10.8. The van der Waals surface area contributed by atoms with E-state index >= 15 is 0 Å². The first kappa shape index (κ1) is 30.7. The van der Waals surface area contributed by atoms with Crippen LogP contribution < -0.4 is 11.1 Å². The van der Waals surface area contributed by atoms with Crippen LogP contribution in [-0.4, -0.2) is 96.7 Å². The van der Waals surface area contributed by atoms with Crippen LogP contribution in [0.1, 0.15) is 31.2 Å². The van der Waals surface area contributed by atoms with Crippen LogP contribution in [0.15, 0.2) is 74.0 Å². The summed E-state index contributed by atoms with van der Waals surface area (Å²) in [7, 11) is 2.24. The number of piperidine rings is 1. The largest absolute Gasteiger partial charge is 0.506 e. The predicted molar refractivity (Wildman–Crippen MR) is 166 cm³/mol. The number of aromatic hydroxyl groups is 1. The van der Waals surface area contributed by atoms with Crippen LogP contribution >= 0.6 is 0 Å². The van der Waals surface area contributed by atoms with Gasteiger partial charge in [-0.1, -0.05) is 43.0 Å². The minimum absolute atomic E-state index is 0.0804. The molecule has 0 aromatic heterocycles. The Hall–Kier alpha value is -2.84. The van der Waals surface area contributed by atoms with Crippen LogP contribution in [0, 0.1) is 0 Å². The maximum Gasteiger partial charge on any atom is 0.140 e. The van der Waals surface area contributed by atoms with E-state index in [9.17, 15) is 0 Å². The van der Waals surface area contributed by atoms with Crippen molar-refractivity contribution in [2.45, 2.75) is 38.3 Å². The molecular weight excluding hydrogens is 484 g/mol. The average Bonchev–Trinajstić information content (AvgIpc) is 3.47. The number of nitrogens with one attached hydrogen (secondary N) is 1. The lowest BCUT2D eigenvalue weighted by atomic mass is 10.0. The highest BCUT2D eigenvalue weighted by Gasteiger charge is 2.26. The summed E-state index contributed by atoms with van der Waals surface area (Å²) in [5.74, 6) is 0.0804. The Morgan fingerprint density at radius 2 is 1.56 bits per heavy atom. The summed E-state index contributed by atoms with van der Waals surface area (Å²) >= 11 is 0. The van der Waals surface area contributed by atoms with Crippen LogP contribution in [0.25, 0.3) is 0 Å². The lowest BCUT2D eigenvalue weighted by molar-refractivity contribution is 0.0658. The van der Waals surface area contributed by atoms with Crippen molar-refractivity contribution in [3.63, 3.8) is 0 Å². The van der Waals surface area contributed by atoms with Gasteiger partial charge in [-0.2, -0.15) is 0 Å². The van der Waals surface area contributed by atoms with Gasteiger partial charge in [-0.25, -0.2) is 0 Å². The number of anilines is 2. The quantitative estimate of drug-likeness (QED) is 0.270. The van der Waals surface area contributed by atoms with Gasteiger partial charge in [0.15, 0.2) is 0 Å². The molecule has 0 bridgehead atoms. The van der Waals surface area contributed by atoms with Crippen molar-refractivity contribution >= 4 is 11.4 Å². The Kier molecular flexibility index (Phi) is 13.4. The third-order valence-corrected chi connectivity index (χ3v) is 7.75. The zero-order valence-corrected chi connectivity index (χ0v) is 24.0. The highest BCUT2D eigenvalue weighted by molar-refractivity contribution is 5.61.